The van der Waals surface area contributed by atoms with E-state index in [0.717, 1.165) is 16.2 Å². The SMILES string of the molecule is COc1ccc(C2=NN(C(=O)CCC(=O)O)C(c3cccs3)C2)cc1OC. The lowest BCUT2D eigenvalue weighted by Gasteiger charge is -2.20. The molecule has 3 rings (SSSR count). The lowest BCUT2D eigenvalue weighted by molar-refractivity contribution is -0.141. The third-order valence-corrected chi connectivity index (χ3v) is 5.28. The fourth-order valence-electron chi connectivity index (χ4n) is 2.96. The van der Waals surface area contributed by atoms with Gasteiger partial charge in [-0.1, -0.05) is 6.07 Å². The molecule has 142 valence electrons. The molecule has 2 aromatic rings. The molecule has 1 amide bonds. The van der Waals surface area contributed by atoms with Crippen molar-refractivity contribution in [2.45, 2.75) is 25.3 Å². The zero-order chi connectivity index (χ0) is 19.4. The average molecular weight is 388 g/mol. The van der Waals surface area contributed by atoms with Crippen LogP contribution in [-0.4, -0.2) is 41.9 Å². The molecule has 1 aliphatic heterocycles. The Bertz CT molecular complexity index is 863. The summed E-state index contributed by atoms with van der Waals surface area (Å²) >= 11 is 1.55. The van der Waals surface area contributed by atoms with Crippen molar-refractivity contribution in [1.29, 1.82) is 0 Å². The molecule has 0 spiro atoms. The van der Waals surface area contributed by atoms with E-state index in [9.17, 15) is 9.59 Å². The summed E-state index contributed by atoms with van der Waals surface area (Å²) < 4.78 is 10.6. The van der Waals surface area contributed by atoms with Gasteiger partial charge in [-0.05, 0) is 29.6 Å². The minimum Gasteiger partial charge on any atom is -0.493 e. The van der Waals surface area contributed by atoms with Gasteiger partial charge in [-0.2, -0.15) is 5.10 Å². The summed E-state index contributed by atoms with van der Waals surface area (Å²) in [4.78, 5) is 24.4. The van der Waals surface area contributed by atoms with E-state index in [1.165, 1.54) is 5.01 Å². The number of hydrogen-bond acceptors (Lipinski definition) is 6. The number of thiophene rings is 1. The van der Waals surface area contributed by atoms with E-state index < -0.39 is 5.97 Å². The predicted molar refractivity (Wildman–Crippen MR) is 101 cm³/mol. The number of ether oxygens (including phenoxy) is 2. The maximum atomic E-state index is 12.6. The summed E-state index contributed by atoms with van der Waals surface area (Å²) in [6.45, 7) is 0. The highest BCUT2D eigenvalue weighted by molar-refractivity contribution is 7.10. The van der Waals surface area contributed by atoms with Crippen LogP contribution in [0.3, 0.4) is 0 Å². The number of amides is 1. The van der Waals surface area contributed by atoms with Crippen LogP contribution in [0.2, 0.25) is 0 Å². The van der Waals surface area contributed by atoms with E-state index in [0.29, 0.717) is 17.9 Å². The fraction of sp³-hybridized carbons (Fsp3) is 0.316. The summed E-state index contributed by atoms with van der Waals surface area (Å²) in [5.41, 5.74) is 1.58. The van der Waals surface area contributed by atoms with Crippen LogP contribution in [-0.2, 0) is 9.59 Å². The fourth-order valence-corrected chi connectivity index (χ4v) is 3.77. The van der Waals surface area contributed by atoms with Crippen molar-refractivity contribution in [1.82, 2.24) is 5.01 Å². The monoisotopic (exact) mass is 388 g/mol. The molecule has 0 aliphatic carbocycles. The first-order chi connectivity index (χ1) is 13.0. The minimum absolute atomic E-state index is 0.0834. The van der Waals surface area contributed by atoms with Gasteiger partial charge in [0.05, 0.1) is 32.4 Å². The number of carbonyl (C=O) groups is 2. The van der Waals surface area contributed by atoms with Crippen LogP contribution in [0.1, 0.15) is 35.7 Å². The van der Waals surface area contributed by atoms with Gasteiger partial charge in [-0.25, -0.2) is 5.01 Å². The lowest BCUT2D eigenvalue weighted by Crippen LogP contribution is -2.26. The summed E-state index contributed by atoms with van der Waals surface area (Å²) in [6.07, 6.45) is 0.252. The number of carboxylic acid groups (broad SMARTS) is 1. The Morgan fingerprint density at radius 3 is 2.63 bits per heavy atom. The number of aliphatic carboxylic acids is 1. The Morgan fingerprint density at radius 2 is 2.00 bits per heavy atom. The second kappa shape index (κ2) is 8.22. The zero-order valence-corrected chi connectivity index (χ0v) is 15.9. The predicted octanol–water partition coefficient (Wildman–Crippen LogP) is 3.31. The van der Waals surface area contributed by atoms with Gasteiger partial charge in [0.2, 0.25) is 5.91 Å². The standard InChI is InChI=1S/C19H20N2O5S/c1-25-15-6-5-12(10-16(15)26-2)13-11-14(17-4-3-9-27-17)21(20-13)18(22)7-8-19(23)24/h3-6,9-10,14H,7-8,11H2,1-2H3,(H,23,24). The number of carbonyl (C=O) groups excluding carboxylic acids is 1. The van der Waals surface area contributed by atoms with E-state index in [2.05, 4.69) is 5.10 Å². The maximum absolute atomic E-state index is 12.6. The second-order valence-electron chi connectivity index (χ2n) is 5.98. The number of methoxy groups -OCH3 is 2. The number of hydrogen-bond donors (Lipinski definition) is 1. The van der Waals surface area contributed by atoms with Crippen LogP contribution < -0.4 is 9.47 Å². The van der Waals surface area contributed by atoms with E-state index in [4.69, 9.17) is 14.6 Å². The topological polar surface area (TPSA) is 88.4 Å². The molecule has 1 atom stereocenters. The molecule has 0 fully saturated rings. The van der Waals surface area contributed by atoms with Crippen LogP contribution in [0, 0.1) is 0 Å². The minimum atomic E-state index is -1.00. The van der Waals surface area contributed by atoms with Crippen LogP contribution in [0.15, 0.2) is 40.8 Å². The van der Waals surface area contributed by atoms with Gasteiger partial charge in [-0.15, -0.1) is 11.3 Å². The number of hydrazone groups is 1. The molecule has 0 radical (unpaired) electrons. The third kappa shape index (κ3) is 4.11. The van der Waals surface area contributed by atoms with Gasteiger partial charge >= 0.3 is 5.97 Å². The van der Waals surface area contributed by atoms with Crippen molar-refractivity contribution in [2.24, 2.45) is 5.10 Å². The molecule has 1 N–H and O–H groups in total. The molecule has 0 saturated heterocycles. The highest BCUT2D eigenvalue weighted by Gasteiger charge is 2.33. The highest BCUT2D eigenvalue weighted by Crippen LogP contribution is 2.37. The Labute approximate surface area is 160 Å². The van der Waals surface area contributed by atoms with Crippen LogP contribution in [0.25, 0.3) is 0 Å². The first-order valence-electron chi connectivity index (χ1n) is 8.40. The molecule has 0 saturated carbocycles. The van der Waals surface area contributed by atoms with Crippen LogP contribution in [0.5, 0.6) is 11.5 Å². The van der Waals surface area contributed by atoms with Crippen molar-refractivity contribution in [3.63, 3.8) is 0 Å². The lowest BCUT2D eigenvalue weighted by atomic mass is 10.0. The van der Waals surface area contributed by atoms with E-state index in [1.807, 2.05) is 29.6 Å². The molecule has 1 aromatic heterocycles. The zero-order valence-electron chi connectivity index (χ0n) is 15.0. The smallest absolute Gasteiger partial charge is 0.303 e. The number of nitrogens with zero attached hydrogens (tertiary/aromatic N) is 2. The quantitative estimate of drug-likeness (QED) is 0.786. The number of rotatable bonds is 7. The second-order valence-corrected chi connectivity index (χ2v) is 6.96. The van der Waals surface area contributed by atoms with Crippen LogP contribution in [0.4, 0.5) is 0 Å². The maximum Gasteiger partial charge on any atom is 0.303 e. The van der Waals surface area contributed by atoms with Gasteiger partial charge in [0.25, 0.3) is 0 Å². The Kier molecular flexibility index (Phi) is 5.75. The molecule has 7 nitrogen and oxygen atoms in total. The van der Waals surface area contributed by atoms with Crippen molar-refractivity contribution in [3.8, 4) is 11.5 Å². The molecule has 0 bridgehead atoms. The van der Waals surface area contributed by atoms with Crippen molar-refractivity contribution >= 4 is 28.9 Å². The van der Waals surface area contributed by atoms with E-state index in [-0.39, 0.29) is 24.8 Å². The van der Waals surface area contributed by atoms with Gasteiger partial charge in [0.15, 0.2) is 11.5 Å². The Balaban J connectivity index is 1.90. The van der Waals surface area contributed by atoms with Gasteiger partial charge in [0, 0.05) is 23.3 Å². The molecule has 8 heteroatoms. The first kappa shape index (κ1) is 18.9. The molecule has 27 heavy (non-hydrogen) atoms. The molecular weight excluding hydrogens is 368 g/mol. The first-order valence-corrected chi connectivity index (χ1v) is 9.28. The summed E-state index contributed by atoms with van der Waals surface area (Å²) in [5.74, 6) is -0.101. The van der Waals surface area contributed by atoms with Crippen molar-refractivity contribution in [2.75, 3.05) is 14.2 Å². The largest absolute Gasteiger partial charge is 0.493 e. The average Bonchev–Trinajstić information content (AvgIpc) is 3.34. The van der Waals surface area contributed by atoms with Gasteiger partial charge < -0.3 is 14.6 Å². The molecule has 1 aromatic carbocycles. The van der Waals surface area contributed by atoms with Gasteiger partial charge in [-0.3, -0.25) is 9.59 Å². The highest BCUT2D eigenvalue weighted by atomic mass is 32.1. The molecule has 2 heterocycles. The van der Waals surface area contributed by atoms with Crippen molar-refractivity contribution in [3.05, 3.63) is 46.2 Å². The Morgan fingerprint density at radius 1 is 1.22 bits per heavy atom. The van der Waals surface area contributed by atoms with Crippen LogP contribution >= 0.6 is 11.3 Å². The van der Waals surface area contributed by atoms with E-state index in [1.54, 1.807) is 31.6 Å². The summed E-state index contributed by atoms with van der Waals surface area (Å²) in [6, 6.07) is 9.15. The molecule has 1 aliphatic rings. The molecule has 1 unspecified atom stereocenters. The van der Waals surface area contributed by atoms with Crippen molar-refractivity contribution < 1.29 is 24.2 Å². The Hall–Kier alpha value is -2.87. The van der Waals surface area contributed by atoms with E-state index >= 15 is 0 Å². The number of carboxylic acids is 1. The number of benzene rings is 1. The summed E-state index contributed by atoms with van der Waals surface area (Å²) in [7, 11) is 3.13. The summed E-state index contributed by atoms with van der Waals surface area (Å²) in [5, 5.41) is 16.7. The van der Waals surface area contributed by atoms with Gasteiger partial charge in [0.1, 0.15) is 0 Å². The third-order valence-electron chi connectivity index (χ3n) is 4.31. The molecular formula is C19H20N2O5S. The normalized spacial score (nSPS) is 16.1.